The zero-order valence-corrected chi connectivity index (χ0v) is 16.4. The number of anilines is 2. The number of nitrogens with two attached hydrogens (primary N) is 1. The molecule has 2 fully saturated rings. The van der Waals surface area contributed by atoms with Gasteiger partial charge >= 0.3 is 5.97 Å². The van der Waals surface area contributed by atoms with Crippen LogP contribution in [-0.2, 0) is 16.1 Å². The summed E-state index contributed by atoms with van der Waals surface area (Å²) < 4.78 is 7.87. The molecule has 2 saturated heterocycles. The van der Waals surface area contributed by atoms with Gasteiger partial charge in [-0.15, -0.1) is 0 Å². The Labute approximate surface area is 168 Å². The summed E-state index contributed by atoms with van der Waals surface area (Å²) >= 11 is 0. The number of aryl methyl sites for hydroxylation is 1. The summed E-state index contributed by atoms with van der Waals surface area (Å²) in [4.78, 5) is 28.1. The van der Waals surface area contributed by atoms with Gasteiger partial charge in [-0.05, 0) is 31.9 Å². The number of para-hydroxylation sites is 2. The molecule has 8 nitrogen and oxygen atoms in total. The number of nitrogens with zero attached hydrogens (tertiary/aromatic N) is 5. The maximum atomic E-state index is 12.8. The third-order valence-corrected chi connectivity index (χ3v) is 6.25. The topological polar surface area (TPSA) is 99.2 Å². The van der Waals surface area contributed by atoms with Crippen LogP contribution in [0.2, 0.25) is 0 Å². The number of piperidine rings is 1. The van der Waals surface area contributed by atoms with E-state index in [0.29, 0.717) is 18.3 Å². The molecule has 1 atom stereocenters. The first-order chi connectivity index (χ1) is 14.0. The molecule has 0 radical (unpaired) electrons. The van der Waals surface area contributed by atoms with E-state index in [9.17, 15) is 4.79 Å². The smallest absolute Gasteiger partial charge is 0.312 e. The van der Waals surface area contributed by atoms with Gasteiger partial charge in [0, 0.05) is 31.3 Å². The molecule has 0 amide bonds. The lowest BCUT2D eigenvalue weighted by molar-refractivity contribution is -0.150. The molecule has 2 aliphatic heterocycles. The number of aromatic nitrogens is 4. The second-order valence-corrected chi connectivity index (χ2v) is 8.12. The molecule has 2 N–H and O–H groups in total. The number of fused-ring (bicyclic) bond motifs is 1. The van der Waals surface area contributed by atoms with Crippen LogP contribution in [0.5, 0.6) is 0 Å². The minimum absolute atomic E-state index is 0.0732. The van der Waals surface area contributed by atoms with Crippen molar-refractivity contribution < 1.29 is 9.53 Å². The number of carbonyl (C=O) groups is 1. The van der Waals surface area contributed by atoms with Gasteiger partial charge < -0.3 is 19.9 Å². The van der Waals surface area contributed by atoms with Crippen LogP contribution < -0.4 is 10.6 Å². The van der Waals surface area contributed by atoms with Crippen LogP contribution in [0.4, 0.5) is 11.8 Å². The Balaban J connectivity index is 1.27. The summed E-state index contributed by atoms with van der Waals surface area (Å²) in [6, 6.07) is 8.01. The average Bonchev–Trinajstić information content (AvgIpc) is 3.26. The number of esters is 1. The highest BCUT2D eigenvalue weighted by atomic mass is 16.6. The highest BCUT2D eigenvalue weighted by molar-refractivity contribution is 5.79. The largest absolute Gasteiger partial charge is 0.460 e. The van der Waals surface area contributed by atoms with Gasteiger partial charge in [-0.1, -0.05) is 12.1 Å². The van der Waals surface area contributed by atoms with Crippen LogP contribution >= 0.6 is 0 Å². The number of nitrogen functional groups attached to an aromatic ring is 1. The number of rotatable bonds is 3. The van der Waals surface area contributed by atoms with E-state index in [1.54, 1.807) is 6.20 Å². The molecule has 4 heterocycles. The van der Waals surface area contributed by atoms with E-state index in [2.05, 4.69) is 24.4 Å². The highest BCUT2D eigenvalue weighted by Crippen LogP contribution is 2.44. The molecule has 3 aromatic rings. The number of hydrogen-bond acceptors (Lipinski definition) is 7. The highest BCUT2D eigenvalue weighted by Gasteiger charge is 2.50. The fraction of sp³-hybridized carbons (Fsp3) is 0.429. The van der Waals surface area contributed by atoms with Crippen molar-refractivity contribution >= 4 is 28.8 Å². The molecule has 0 saturated carbocycles. The van der Waals surface area contributed by atoms with Crippen LogP contribution in [-0.4, -0.2) is 44.7 Å². The van der Waals surface area contributed by atoms with E-state index in [-0.39, 0.29) is 12.1 Å². The van der Waals surface area contributed by atoms with Crippen molar-refractivity contribution in [2.45, 2.75) is 38.8 Å². The summed E-state index contributed by atoms with van der Waals surface area (Å²) in [5, 5.41) is 0. The zero-order valence-electron chi connectivity index (χ0n) is 16.4. The summed E-state index contributed by atoms with van der Waals surface area (Å²) in [5.41, 5.74) is 8.41. The Morgan fingerprint density at radius 2 is 2.03 bits per heavy atom. The fourth-order valence-electron chi connectivity index (χ4n) is 4.46. The molecular formula is C21H24N6O2. The summed E-state index contributed by atoms with van der Waals surface area (Å²) in [6.45, 7) is 3.97. The first-order valence-electron chi connectivity index (χ1n) is 9.99. The SMILES string of the molecule is Cc1cnc(N2CCC3(CC2)CC(Cn2cnc4ccccc42)OC3=O)nc1N. The normalized spacial score (nSPS) is 21.1. The monoisotopic (exact) mass is 392 g/mol. The lowest BCUT2D eigenvalue weighted by atomic mass is 9.76. The molecule has 8 heteroatoms. The molecule has 1 unspecified atom stereocenters. The second-order valence-electron chi connectivity index (χ2n) is 8.12. The Bertz CT molecular complexity index is 1070. The van der Waals surface area contributed by atoms with Gasteiger partial charge in [0.15, 0.2) is 0 Å². The van der Waals surface area contributed by atoms with Gasteiger partial charge in [0.1, 0.15) is 11.9 Å². The van der Waals surface area contributed by atoms with Crippen molar-refractivity contribution in [3.63, 3.8) is 0 Å². The standard InChI is InChI=1S/C21H24N6O2/c1-14-11-23-20(25-18(14)22)26-8-6-21(7-9-26)10-15(29-19(21)28)12-27-13-24-16-4-2-3-5-17(16)27/h2-5,11,13,15H,6-10,12H2,1H3,(H2,22,23,25). The summed E-state index contributed by atoms with van der Waals surface area (Å²) in [5.74, 6) is 1.06. The molecule has 2 aromatic heterocycles. The van der Waals surface area contributed by atoms with Crippen molar-refractivity contribution in [1.29, 1.82) is 0 Å². The van der Waals surface area contributed by atoms with Crippen molar-refractivity contribution in [2.24, 2.45) is 5.41 Å². The van der Waals surface area contributed by atoms with Gasteiger partial charge in [-0.2, -0.15) is 4.98 Å². The van der Waals surface area contributed by atoms with Crippen LogP contribution in [0.1, 0.15) is 24.8 Å². The van der Waals surface area contributed by atoms with Crippen LogP contribution in [0.25, 0.3) is 11.0 Å². The van der Waals surface area contributed by atoms with Crippen LogP contribution in [0.3, 0.4) is 0 Å². The Hall–Kier alpha value is -3.16. The molecule has 5 rings (SSSR count). The Morgan fingerprint density at radius 3 is 2.83 bits per heavy atom. The molecule has 0 aliphatic carbocycles. The van der Waals surface area contributed by atoms with Crippen molar-refractivity contribution in [2.75, 3.05) is 23.7 Å². The second kappa shape index (κ2) is 6.72. The Kier molecular flexibility index (Phi) is 4.15. The van der Waals surface area contributed by atoms with E-state index in [0.717, 1.165) is 48.9 Å². The van der Waals surface area contributed by atoms with Crippen molar-refractivity contribution in [1.82, 2.24) is 19.5 Å². The summed E-state index contributed by atoms with van der Waals surface area (Å²) in [7, 11) is 0. The first kappa shape index (κ1) is 17.9. The van der Waals surface area contributed by atoms with E-state index >= 15 is 0 Å². The minimum atomic E-state index is -0.409. The molecule has 150 valence electrons. The first-order valence-corrected chi connectivity index (χ1v) is 9.99. The summed E-state index contributed by atoms with van der Waals surface area (Å²) in [6.07, 6.45) is 5.66. The van der Waals surface area contributed by atoms with Crippen LogP contribution in [0.15, 0.2) is 36.8 Å². The van der Waals surface area contributed by atoms with Gasteiger partial charge in [0.25, 0.3) is 0 Å². The van der Waals surface area contributed by atoms with Gasteiger partial charge in [-0.25, -0.2) is 9.97 Å². The maximum Gasteiger partial charge on any atom is 0.312 e. The van der Waals surface area contributed by atoms with E-state index in [4.69, 9.17) is 10.5 Å². The lowest BCUT2D eigenvalue weighted by Crippen LogP contribution is -2.43. The number of imidazole rings is 1. The van der Waals surface area contributed by atoms with Gasteiger partial charge in [-0.3, -0.25) is 4.79 Å². The molecule has 1 spiro atoms. The molecular weight excluding hydrogens is 368 g/mol. The van der Waals surface area contributed by atoms with Crippen molar-refractivity contribution in [3.05, 3.63) is 42.4 Å². The van der Waals surface area contributed by atoms with E-state index < -0.39 is 5.41 Å². The molecule has 0 bridgehead atoms. The van der Waals surface area contributed by atoms with E-state index in [1.807, 2.05) is 37.5 Å². The predicted molar refractivity (Wildman–Crippen MR) is 109 cm³/mol. The third-order valence-electron chi connectivity index (χ3n) is 6.25. The predicted octanol–water partition coefficient (Wildman–Crippen LogP) is 2.32. The Morgan fingerprint density at radius 1 is 1.24 bits per heavy atom. The van der Waals surface area contributed by atoms with E-state index in [1.165, 1.54) is 0 Å². The third kappa shape index (κ3) is 3.08. The number of cyclic esters (lactones) is 1. The lowest BCUT2D eigenvalue weighted by Gasteiger charge is -2.36. The number of carbonyl (C=O) groups excluding carboxylic acids is 1. The molecule has 1 aromatic carbocycles. The zero-order chi connectivity index (χ0) is 20.0. The van der Waals surface area contributed by atoms with Gasteiger partial charge in [0.2, 0.25) is 5.95 Å². The fourth-order valence-corrected chi connectivity index (χ4v) is 4.46. The number of ether oxygens (including phenoxy) is 1. The number of hydrogen-bond donors (Lipinski definition) is 1. The average molecular weight is 392 g/mol. The number of benzene rings is 1. The van der Waals surface area contributed by atoms with Crippen LogP contribution in [0, 0.1) is 12.3 Å². The molecule has 2 aliphatic rings. The van der Waals surface area contributed by atoms with Gasteiger partial charge in [0.05, 0.1) is 29.3 Å². The quantitative estimate of drug-likeness (QED) is 0.683. The maximum absolute atomic E-state index is 12.8. The minimum Gasteiger partial charge on any atom is -0.460 e. The molecule has 29 heavy (non-hydrogen) atoms. The van der Waals surface area contributed by atoms with Crippen molar-refractivity contribution in [3.8, 4) is 0 Å².